The topological polar surface area (TPSA) is 86.6 Å². The highest BCUT2D eigenvalue weighted by Gasteiger charge is 2.28. The molecule has 0 bridgehead atoms. The van der Waals surface area contributed by atoms with Crippen molar-refractivity contribution < 1.29 is 19.4 Å². The molecule has 0 amide bonds. The average molecular weight is 411 g/mol. The number of aliphatic carboxylic acids is 1. The van der Waals surface area contributed by atoms with Gasteiger partial charge in [0.15, 0.2) is 0 Å². The Morgan fingerprint density at radius 2 is 1.72 bits per heavy atom. The molecule has 0 radical (unpaired) electrons. The van der Waals surface area contributed by atoms with Crippen LogP contribution < -0.4 is 5.09 Å². The van der Waals surface area contributed by atoms with Crippen molar-refractivity contribution in [1.29, 1.82) is 0 Å². The number of nitrogens with one attached hydrogen (secondary N) is 1. The quantitative estimate of drug-likeness (QED) is 0.376. The van der Waals surface area contributed by atoms with E-state index in [1.54, 1.807) is 18.2 Å². The van der Waals surface area contributed by atoms with Gasteiger partial charge in [0.25, 0.3) is 7.52 Å². The number of carbonyl (C=O) groups is 1. The minimum atomic E-state index is -3.78. The second kappa shape index (κ2) is 9.25. The molecule has 3 aromatic carbocycles. The summed E-state index contributed by atoms with van der Waals surface area (Å²) < 4.78 is 12.9. The molecule has 0 heterocycles. The fraction of sp³-hybridized carbons (Fsp3) is 0.261. The third-order valence-electron chi connectivity index (χ3n) is 5.00. The number of benzene rings is 3. The highest BCUT2D eigenvalue weighted by Crippen LogP contribution is 2.47. The third-order valence-corrected chi connectivity index (χ3v) is 6.38. The minimum absolute atomic E-state index is 0.0349. The van der Waals surface area contributed by atoms with Crippen LogP contribution in [0.2, 0.25) is 0 Å². The molecular weight excluding hydrogens is 385 g/mol. The first-order chi connectivity index (χ1) is 13.9. The SMILES string of the molecule is CCCCC(C(=O)O)c1c(NP(=O)(O)Cc2ccccc2)ccc2ccccc12. The lowest BCUT2D eigenvalue weighted by molar-refractivity contribution is -0.138. The first-order valence-electron chi connectivity index (χ1n) is 9.80. The number of unbranched alkanes of at least 4 members (excludes halogenated alkanes) is 1. The molecule has 29 heavy (non-hydrogen) atoms. The maximum Gasteiger partial charge on any atom is 0.311 e. The summed E-state index contributed by atoms with van der Waals surface area (Å²) >= 11 is 0. The van der Waals surface area contributed by atoms with Crippen LogP contribution in [0.25, 0.3) is 10.8 Å². The van der Waals surface area contributed by atoms with Gasteiger partial charge in [-0.25, -0.2) is 0 Å². The molecule has 0 spiro atoms. The van der Waals surface area contributed by atoms with Gasteiger partial charge in [0, 0.05) is 5.69 Å². The van der Waals surface area contributed by atoms with E-state index in [9.17, 15) is 19.4 Å². The van der Waals surface area contributed by atoms with Gasteiger partial charge in [-0.05, 0) is 34.4 Å². The Bertz CT molecular complexity index is 1040. The molecule has 5 nitrogen and oxygen atoms in total. The molecule has 3 rings (SSSR count). The van der Waals surface area contributed by atoms with Crippen molar-refractivity contribution in [3.05, 3.63) is 77.9 Å². The number of anilines is 1. The van der Waals surface area contributed by atoms with Crippen LogP contribution in [0.15, 0.2) is 66.7 Å². The number of hydrogen-bond donors (Lipinski definition) is 3. The van der Waals surface area contributed by atoms with Gasteiger partial charge < -0.3 is 15.1 Å². The zero-order valence-electron chi connectivity index (χ0n) is 16.4. The molecule has 0 saturated heterocycles. The van der Waals surface area contributed by atoms with Gasteiger partial charge in [-0.1, -0.05) is 80.4 Å². The highest BCUT2D eigenvalue weighted by atomic mass is 31.2. The molecule has 0 saturated carbocycles. The van der Waals surface area contributed by atoms with Gasteiger partial charge in [0.1, 0.15) is 0 Å². The number of hydrogen-bond acceptors (Lipinski definition) is 2. The summed E-state index contributed by atoms with van der Waals surface area (Å²) in [6, 6.07) is 20.2. The number of fused-ring (bicyclic) bond motifs is 1. The minimum Gasteiger partial charge on any atom is -0.481 e. The van der Waals surface area contributed by atoms with Crippen molar-refractivity contribution in [3.63, 3.8) is 0 Å². The molecule has 0 fully saturated rings. The largest absolute Gasteiger partial charge is 0.481 e. The van der Waals surface area contributed by atoms with E-state index < -0.39 is 19.4 Å². The third kappa shape index (κ3) is 5.26. The van der Waals surface area contributed by atoms with Gasteiger partial charge in [-0.2, -0.15) is 0 Å². The Kier molecular flexibility index (Phi) is 6.73. The summed E-state index contributed by atoms with van der Waals surface area (Å²) in [5, 5.41) is 14.4. The smallest absolute Gasteiger partial charge is 0.311 e. The molecular formula is C23H26NO4P. The second-order valence-electron chi connectivity index (χ2n) is 7.24. The van der Waals surface area contributed by atoms with Crippen LogP contribution in [0.1, 0.15) is 43.2 Å². The summed E-state index contributed by atoms with van der Waals surface area (Å²) in [7, 11) is -3.78. The molecule has 3 N–H and O–H groups in total. The van der Waals surface area contributed by atoms with E-state index in [1.807, 2.05) is 55.5 Å². The first kappa shape index (κ1) is 21.1. The summed E-state index contributed by atoms with van der Waals surface area (Å²) in [5.41, 5.74) is 1.73. The van der Waals surface area contributed by atoms with E-state index in [0.717, 1.165) is 29.2 Å². The van der Waals surface area contributed by atoms with Gasteiger partial charge in [0.2, 0.25) is 0 Å². The molecule has 6 heteroatoms. The van der Waals surface area contributed by atoms with E-state index in [4.69, 9.17) is 0 Å². The lowest BCUT2D eigenvalue weighted by Gasteiger charge is -2.22. The van der Waals surface area contributed by atoms with Crippen molar-refractivity contribution in [3.8, 4) is 0 Å². The van der Waals surface area contributed by atoms with Gasteiger partial charge in [-0.3, -0.25) is 9.36 Å². The zero-order chi connectivity index (χ0) is 20.9. The Hall–Kier alpha value is -2.62. The zero-order valence-corrected chi connectivity index (χ0v) is 17.3. The molecule has 0 aromatic heterocycles. The number of rotatable bonds is 9. The van der Waals surface area contributed by atoms with E-state index >= 15 is 0 Å². The Morgan fingerprint density at radius 3 is 2.41 bits per heavy atom. The molecule has 2 atom stereocenters. The fourth-order valence-corrected chi connectivity index (χ4v) is 4.98. The summed E-state index contributed by atoms with van der Waals surface area (Å²) in [6.07, 6.45) is 2.08. The monoisotopic (exact) mass is 411 g/mol. The van der Waals surface area contributed by atoms with Crippen LogP contribution in [0.3, 0.4) is 0 Å². The lowest BCUT2D eigenvalue weighted by Crippen LogP contribution is -2.14. The Balaban J connectivity index is 2.04. The molecule has 152 valence electrons. The van der Waals surface area contributed by atoms with Gasteiger partial charge in [-0.15, -0.1) is 0 Å². The normalized spacial score (nSPS) is 14.3. The van der Waals surface area contributed by atoms with Crippen molar-refractivity contribution in [1.82, 2.24) is 0 Å². The van der Waals surface area contributed by atoms with E-state index in [2.05, 4.69) is 5.09 Å². The predicted molar refractivity (Wildman–Crippen MR) is 117 cm³/mol. The van der Waals surface area contributed by atoms with Crippen LogP contribution in [0.4, 0.5) is 5.69 Å². The van der Waals surface area contributed by atoms with Gasteiger partial charge >= 0.3 is 5.97 Å². The lowest BCUT2D eigenvalue weighted by atomic mass is 9.88. The molecule has 3 aromatic rings. The number of carboxylic acids is 1. The molecule has 0 aliphatic rings. The van der Waals surface area contributed by atoms with Crippen molar-refractivity contribution in [2.24, 2.45) is 0 Å². The first-order valence-corrected chi connectivity index (χ1v) is 11.6. The summed E-state index contributed by atoms with van der Waals surface area (Å²) in [5.74, 6) is -1.67. The van der Waals surface area contributed by atoms with E-state index in [0.29, 0.717) is 17.7 Å². The fourth-order valence-electron chi connectivity index (χ4n) is 3.63. The van der Waals surface area contributed by atoms with E-state index in [-0.39, 0.29) is 6.16 Å². The van der Waals surface area contributed by atoms with Crippen molar-refractivity contribution in [2.45, 2.75) is 38.3 Å². The molecule has 0 aliphatic carbocycles. The van der Waals surface area contributed by atoms with E-state index in [1.165, 1.54) is 0 Å². The van der Waals surface area contributed by atoms with Gasteiger partial charge in [0.05, 0.1) is 12.1 Å². The van der Waals surface area contributed by atoms with Crippen LogP contribution >= 0.6 is 7.52 Å². The maximum atomic E-state index is 12.9. The molecule has 2 unspecified atom stereocenters. The molecule has 0 aliphatic heterocycles. The van der Waals surface area contributed by atoms with Crippen LogP contribution in [0, 0.1) is 0 Å². The summed E-state index contributed by atoms with van der Waals surface area (Å²) in [4.78, 5) is 22.7. The standard InChI is InChI=1S/C23H26NO4P/c1-2-3-12-20(23(25)26)22-19-13-8-7-11-18(19)14-15-21(22)24-29(27,28)16-17-9-5-4-6-10-17/h4-11,13-15,20H,2-3,12,16H2,1H3,(H,25,26)(H2,24,27,28). The van der Waals surface area contributed by atoms with Crippen molar-refractivity contribution in [2.75, 3.05) is 5.09 Å². The summed E-state index contributed by atoms with van der Waals surface area (Å²) in [6.45, 7) is 2.02. The Morgan fingerprint density at radius 1 is 1.03 bits per heavy atom. The van der Waals surface area contributed by atoms with Crippen LogP contribution in [-0.4, -0.2) is 16.0 Å². The second-order valence-corrected chi connectivity index (χ2v) is 9.18. The van der Waals surface area contributed by atoms with Crippen LogP contribution in [0.5, 0.6) is 0 Å². The predicted octanol–water partition coefficient (Wildman–Crippen LogP) is 6.00. The highest BCUT2D eigenvalue weighted by molar-refractivity contribution is 7.58. The van der Waals surface area contributed by atoms with Crippen LogP contribution in [-0.2, 0) is 15.5 Å². The maximum absolute atomic E-state index is 12.9. The average Bonchev–Trinajstić information content (AvgIpc) is 2.69. The van der Waals surface area contributed by atoms with Crippen molar-refractivity contribution >= 4 is 29.9 Å². The Labute approximate surface area is 170 Å². The number of carboxylic acid groups (broad SMARTS) is 1.